The second-order valence-electron chi connectivity index (χ2n) is 8.61. The highest BCUT2D eigenvalue weighted by molar-refractivity contribution is 6.22. The van der Waals surface area contributed by atoms with Crippen LogP contribution in [-0.2, 0) is 16.0 Å². The van der Waals surface area contributed by atoms with Crippen LogP contribution in [0.15, 0.2) is 66.7 Å². The Kier molecular flexibility index (Phi) is 6.78. The van der Waals surface area contributed by atoms with Crippen molar-refractivity contribution in [2.45, 2.75) is 33.3 Å². The van der Waals surface area contributed by atoms with Gasteiger partial charge < -0.3 is 10.1 Å². The third-order valence-corrected chi connectivity index (χ3v) is 5.97. The molecule has 7 heteroatoms. The first-order chi connectivity index (χ1) is 16.7. The third kappa shape index (κ3) is 5.14. The standard InChI is InChI=1S/C28H26N2O5/c1-17-9-12-24(18(2)15-17)29-25(31)19(3)35-28(34)21-10-11-22-23(16-21)27(33)30(26(22)32)14-13-20-7-5-4-6-8-20/h4-12,15-16,19H,13-14H2,1-3H3,(H,29,31). The number of esters is 1. The van der Waals surface area contributed by atoms with Gasteiger partial charge in [-0.2, -0.15) is 0 Å². The zero-order valence-electron chi connectivity index (χ0n) is 19.8. The fourth-order valence-corrected chi connectivity index (χ4v) is 3.98. The molecule has 1 N–H and O–H groups in total. The lowest BCUT2D eigenvalue weighted by molar-refractivity contribution is -0.123. The lowest BCUT2D eigenvalue weighted by atomic mass is 10.1. The minimum absolute atomic E-state index is 0.0981. The number of nitrogens with one attached hydrogen (secondary N) is 1. The SMILES string of the molecule is Cc1ccc(NC(=O)C(C)OC(=O)c2ccc3c(c2)C(=O)N(CCc2ccccc2)C3=O)c(C)c1. The summed E-state index contributed by atoms with van der Waals surface area (Å²) in [6, 6.07) is 19.4. The van der Waals surface area contributed by atoms with Crippen LogP contribution in [0.3, 0.4) is 0 Å². The van der Waals surface area contributed by atoms with Gasteiger partial charge in [0.25, 0.3) is 17.7 Å². The van der Waals surface area contributed by atoms with E-state index in [1.807, 2.05) is 56.3 Å². The van der Waals surface area contributed by atoms with Crippen molar-refractivity contribution in [2.24, 2.45) is 0 Å². The van der Waals surface area contributed by atoms with Crippen LogP contribution in [0.1, 0.15) is 54.7 Å². The summed E-state index contributed by atoms with van der Waals surface area (Å²) in [5.74, 6) is -2.05. The Labute approximate surface area is 203 Å². The molecular weight excluding hydrogens is 444 g/mol. The van der Waals surface area contributed by atoms with E-state index in [4.69, 9.17) is 4.74 Å². The molecule has 0 saturated carbocycles. The molecule has 0 radical (unpaired) electrons. The minimum atomic E-state index is -1.06. The van der Waals surface area contributed by atoms with Gasteiger partial charge in [0.1, 0.15) is 0 Å². The number of carbonyl (C=O) groups is 4. The average molecular weight is 471 g/mol. The molecule has 35 heavy (non-hydrogen) atoms. The molecule has 1 unspecified atom stereocenters. The number of anilines is 1. The van der Waals surface area contributed by atoms with Gasteiger partial charge in [-0.25, -0.2) is 4.79 Å². The van der Waals surface area contributed by atoms with Crippen LogP contribution in [0.4, 0.5) is 5.69 Å². The Morgan fingerprint density at radius 3 is 2.34 bits per heavy atom. The van der Waals surface area contributed by atoms with Crippen molar-refractivity contribution < 1.29 is 23.9 Å². The Morgan fingerprint density at radius 2 is 1.63 bits per heavy atom. The molecule has 1 aliphatic rings. The van der Waals surface area contributed by atoms with E-state index in [9.17, 15) is 19.2 Å². The predicted molar refractivity (Wildman–Crippen MR) is 131 cm³/mol. The van der Waals surface area contributed by atoms with Gasteiger partial charge >= 0.3 is 5.97 Å². The van der Waals surface area contributed by atoms with E-state index >= 15 is 0 Å². The molecule has 0 fully saturated rings. The maximum absolute atomic E-state index is 12.9. The lowest BCUT2D eigenvalue weighted by Crippen LogP contribution is -2.31. The number of rotatable bonds is 7. The van der Waals surface area contributed by atoms with E-state index in [0.29, 0.717) is 12.1 Å². The van der Waals surface area contributed by atoms with Crippen LogP contribution >= 0.6 is 0 Å². The average Bonchev–Trinajstić information content (AvgIpc) is 3.08. The molecule has 0 spiro atoms. The van der Waals surface area contributed by atoms with Gasteiger partial charge in [0.15, 0.2) is 6.10 Å². The number of fused-ring (bicyclic) bond motifs is 1. The fraction of sp³-hybridized carbons (Fsp3) is 0.214. The number of aryl methyl sites for hydroxylation is 2. The quantitative estimate of drug-likeness (QED) is 0.410. The number of ether oxygens (including phenoxy) is 1. The number of benzene rings is 3. The van der Waals surface area contributed by atoms with Crippen molar-refractivity contribution in [3.63, 3.8) is 0 Å². The highest BCUT2D eigenvalue weighted by atomic mass is 16.5. The summed E-state index contributed by atoms with van der Waals surface area (Å²) in [6.07, 6.45) is -0.523. The van der Waals surface area contributed by atoms with Crippen LogP contribution in [0.5, 0.6) is 0 Å². The number of carbonyl (C=O) groups excluding carboxylic acids is 4. The fourth-order valence-electron chi connectivity index (χ4n) is 3.98. The van der Waals surface area contributed by atoms with Crippen molar-refractivity contribution in [1.29, 1.82) is 0 Å². The number of imide groups is 1. The van der Waals surface area contributed by atoms with Gasteiger partial charge in [-0.05, 0) is 62.6 Å². The lowest BCUT2D eigenvalue weighted by Gasteiger charge is -2.15. The van der Waals surface area contributed by atoms with Crippen LogP contribution in [0, 0.1) is 13.8 Å². The zero-order valence-corrected chi connectivity index (χ0v) is 19.8. The van der Waals surface area contributed by atoms with Crippen molar-refractivity contribution >= 4 is 29.4 Å². The Bertz CT molecular complexity index is 1320. The molecule has 0 bridgehead atoms. The number of amides is 3. The first-order valence-electron chi connectivity index (χ1n) is 11.4. The molecule has 1 heterocycles. The largest absolute Gasteiger partial charge is 0.449 e. The summed E-state index contributed by atoms with van der Waals surface area (Å²) in [6.45, 7) is 5.56. The van der Waals surface area contributed by atoms with Crippen LogP contribution in [-0.4, -0.2) is 41.2 Å². The third-order valence-electron chi connectivity index (χ3n) is 5.97. The molecule has 3 aromatic carbocycles. The summed E-state index contributed by atoms with van der Waals surface area (Å²) in [4.78, 5) is 52.0. The second kappa shape index (κ2) is 9.93. The van der Waals surface area contributed by atoms with Crippen molar-refractivity contribution in [3.8, 4) is 0 Å². The second-order valence-corrected chi connectivity index (χ2v) is 8.61. The van der Waals surface area contributed by atoms with E-state index < -0.39 is 23.9 Å². The van der Waals surface area contributed by atoms with E-state index in [2.05, 4.69) is 5.32 Å². The molecule has 3 amide bonds. The molecule has 0 aliphatic carbocycles. The highest BCUT2D eigenvalue weighted by Gasteiger charge is 2.36. The van der Waals surface area contributed by atoms with Gasteiger partial charge in [0, 0.05) is 12.2 Å². The topological polar surface area (TPSA) is 92.8 Å². The normalized spacial score (nSPS) is 13.4. The van der Waals surface area contributed by atoms with Crippen LogP contribution < -0.4 is 5.32 Å². The highest BCUT2D eigenvalue weighted by Crippen LogP contribution is 2.25. The van der Waals surface area contributed by atoms with Crippen LogP contribution in [0.25, 0.3) is 0 Å². The Hall–Kier alpha value is -4.26. The monoisotopic (exact) mass is 470 g/mol. The summed E-state index contributed by atoms with van der Waals surface area (Å²) >= 11 is 0. The molecule has 1 aliphatic heterocycles. The predicted octanol–water partition coefficient (Wildman–Crippen LogP) is 4.33. The molecule has 7 nitrogen and oxygen atoms in total. The van der Waals surface area contributed by atoms with Crippen molar-refractivity contribution in [3.05, 3.63) is 100 Å². The van der Waals surface area contributed by atoms with Crippen molar-refractivity contribution in [1.82, 2.24) is 4.90 Å². The van der Waals surface area contributed by atoms with Gasteiger partial charge in [0.2, 0.25) is 0 Å². The summed E-state index contributed by atoms with van der Waals surface area (Å²) in [7, 11) is 0. The van der Waals surface area contributed by atoms with E-state index in [-0.39, 0.29) is 29.1 Å². The molecule has 1 atom stereocenters. The maximum atomic E-state index is 12.9. The summed E-state index contributed by atoms with van der Waals surface area (Å²) < 4.78 is 5.33. The number of hydrogen-bond donors (Lipinski definition) is 1. The molecule has 0 aromatic heterocycles. The van der Waals surface area contributed by atoms with Gasteiger partial charge in [0.05, 0.1) is 16.7 Å². The molecule has 0 saturated heterocycles. The Morgan fingerprint density at radius 1 is 0.914 bits per heavy atom. The van der Waals surface area contributed by atoms with Crippen LogP contribution in [0.2, 0.25) is 0 Å². The Balaban J connectivity index is 1.41. The smallest absolute Gasteiger partial charge is 0.338 e. The molecule has 3 aromatic rings. The molecule has 178 valence electrons. The maximum Gasteiger partial charge on any atom is 0.338 e. The molecular formula is C28H26N2O5. The van der Waals surface area contributed by atoms with E-state index in [0.717, 1.165) is 16.7 Å². The first kappa shape index (κ1) is 23.9. The summed E-state index contributed by atoms with van der Waals surface area (Å²) in [5, 5.41) is 2.76. The zero-order chi connectivity index (χ0) is 25.1. The van der Waals surface area contributed by atoms with Gasteiger partial charge in [-0.15, -0.1) is 0 Å². The number of nitrogens with zero attached hydrogens (tertiary/aromatic N) is 1. The van der Waals surface area contributed by atoms with E-state index in [1.165, 1.54) is 30.0 Å². The minimum Gasteiger partial charge on any atom is -0.449 e. The molecule has 4 rings (SSSR count). The first-order valence-corrected chi connectivity index (χ1v) is 11.4. The number of hydrogen-bond acceptors (Lipinski definition) is 5. The van der Waals surface area contributed by atoms with Crippen molar-refractivity contribution in [2.75, 3.05) is 11.9 Å². The van der Waals surface area contributed by atoms with Gasteiger partial charge in [-0.1, -0.05) is 48.0 Å². The van der Waals surface area contributed by atoms with Gasteiger partial charge in [-0.3, -0.25) is 19.3 Å². The summed E-state index contributed by atoms with van der Waals surface area (Å²) in [5.41, 5.74) is 4.13. The van der Waals surface area contributed by atoms with E-state index in [1.54, 1.807) is 6.07 Å².